The van der Waals surface area contributed by atoms with E-state index >= 15 is 0 Å². The molecule has 0 fully saturated rings. The summed E-state index contributed by atoms with van der Waals surface area (Å²) in [7, 11) is 0. The van der Waals surface area contributed by atoms with Gasteiger partial charge >= 0.3 is 0 Å². The maximum absolute atomic E-state index is 3.60. The monoisotopic (exact) mass is 539 g/mol. The maximum Gasteiger partial charge on any atom is 0.00772 e. The van der Waals surface area contributed by atoms with Crippen molar-refractivity contribution < 1.29 is 0 Å². The summed E-state index contributed by atoms with van der Waals surface area (Å²) in [6.45, 7) is 13.8. The Morgan fingerprint density at radius 3 is 0.737 bits per heavy atom. The zero-order chi connectivity index (χ0) is 27.5. The van der Waals surface area contributed by atoms with Crippen LogP contribution in [-0.4, -0.2) is 52.4 Å². The van der Waals surface area contributed by atoms with Crippen molar-refractivity contribution in [2.45, 2.75) is 168 Å². The van der Waals surface area contributed by atoms with Gasteiger partial charge in [0.15, 0.2) is 0 Å². The number of hydrogen-bond donors (Lipinski definition) is 4. The highest BCUT2D eigenvalue weighted by Gasteiger charge is 1.96. The SMILES string of the molecule is CCCCCCCCCCCCCCNCCNCCNCCCCCCCCCCCCNCCCC. The van der Waals surface area contributed by atoms with E-state index < -0.39 is 0 Å². The molecular weight excluding hydrogens is 464 g/mol. The zero-order valence-electron chi connectivity index (χ0n) is 26.6. The van der Waals surface area contributed by atoms with E-state index in [9.17, 15) is 0 Å². The lowest BCUT2D eigenvalue weighted by atomic mass is 10.1. The Hall–Kier alpha value is -0.160. The minimum absolute atomic E-state index is 1.09. The molecule has 0 atom stereocenters. The maximum atomic E-state index is 3.60. The predicted octanol–water partition coefficient (Wildman–Crippen LogP) is 8.75. The van der Waals surface area contributed by atoms with Gasteiger partial charge in [0.25, 0.3) is 0 Å². The van der Waals surface area contributed by atoms with E-state index in [0.717, 1.165) is 26.2 Å². The van der Waals surface area contributed by atoms with Gasteiger partial charge in [-0.05, 0) is 51.9 Å². The molecule has 0 unspecified atom stereocenters. The summed E-state index contributed by atoms with van der Waals surface area (Å²) in [5.74, 6) is 0. The number of hydrogen-bond acceptors (Lipinski definition) is 4. The van der Waals surface area contributed by atoms with Crippen molar-refractivity contribution in [3.63, 3.8) is 0 Å². The van der Waals surface area contributed by atoms with E-state index in [1.165, 1.54) is 180 Å². The molecule has 230 valence electrons. The van der Waals surface area contributed by atoms with Crippen LogP contribution in [0.2, 0.25) is 0 Å². The van der Waals surface area contributed by atoms with E-state index in [1.54, 1.807) is 0 Å². The van der Waals surface area contributed by atoms with Crippen LogP contribution in [-0.2, 0) is 0 Å². The fourth-order valence-corrected chi connectivity index (χ4v) is 5.16. The third-order valence-electron chi connectivity index (χ3n) is 7.83. The molecule has 0 aromatic rings. The van der Waals surface area contributed by atoms with Crippen molar-refractivity contribution >= 4 is 0 Å². The topological polar surface area (TPSA) is 48.1 Å². The van der Waals surface area contributed by atoms with Gasteiger partial charge in [0.1, 0.15) is 0 Å². The fourth-order valence-electron chi connectivity index (χ4n) is 5.16. The average molecular weight is 539 g/mol. The normalized spacial score (nSPS) is 11.5. The molecule has 0 heterocycles. The second-order valence-corrected chi connectivity index (χ2v) is 11.8. The largest absolute Gasteiger partial charge is 0.317 e. The number of unbranched alkanes of at least 4 members (excludes halogenated alkanes) is 21. The average Bonchev–Trinajstić information content (AvgIpc) is 2.93. The van der Waals surface area contributed by atoms with E-state index in [2.05, 4.69) is 35.1 Å². The molecule has 0 spiro atoms. The van der Waals surface area contributed by atoms with Gasteiger partial charge in [-0.2, -0.15) is 0 Å². The van der Waals surface area contributed by atoms with Gasteiger partial charge in [-0.25, -0.2) is 0 Å². The summed E-state index contributed by atoms with van der Waals surface area (Å²) >= 11 is 0. The van der Waals surface area contributed by atoms with Crippen molar-refractivity contribution in [2.75, 3.05) is 52.4 Å². The van der Waals surface area contributed by atoms with Crippen LogP contribution in [0, 0.1) is 0 Å². The van der Waals surface area contributed by atoms with Crippen molar-refractivity contribution in [2.24, 2.45) is 0 Å². The molecule has 4 nitrogen and oxygen atoms in total. The van der Waals surface area contributed by atoms with Gasteiger partial charge in [0, 0.05) is 26.2 Å². The molecule has 0 aromatic carbocycles. The molecule has 0 amide bonds. The molecule has 0 bridgehead atoms. The van der Waals surface area contributed by atoms with Gasteiger partial charge in [0.2, 0.25) is 0 Å². The first-order chi connectivity index (χ1) is 18.9. The van der Waals surface area contributed by atoms with Crippen molar-refractivity contribution in [1.29, 1.82) is 0 Å². The van der Waals surface area contributed by atoms with Gasteiger partial charge in [0.05, 0.1) is 0 Å². The van der Waals surface area contributed by atoms with E-state index in [0.29, 0.717) is 0 Å². The summed E-state index contributed by atoms with van der Waals surface area (Å²) in [4.78, 5) is 0. The third kappa shape index (κ3) is 35.8. The quantitative estimate of drug-likeness (QED) is 0.0609. The van der Waals surface area contributed by atoms with Crippen LogP contribution in [0.15, 0.2) is 0 Å². The van der Waals surface area contributed by atoms with Crippen LogP contribution in [0.5, 0.6) is 0 Å². The minimum Gasteiger partial charge on any atom is -0.317 e. The van der Waals surface area contributed by atoms with Crippen LogP contribution in [0.3, 0.4) is 0 Å². The molecule has 4 N–H and O–H groups in total. The minimum atomic E-state index is 1.09. The van der Waals surface area contributed by atoms with Crippen LogP contribution < -0.4 is 21.3 Å². The summed E-state index contributed by atoms with van der Waals surface area (Å²) in [5, 5.41) is 14.3. The highest BCUT2D eigenvalue weighted by atomic mass is 15.0. The van der Waals surface area contributed by atoms with Crippen LogP contribution in [0.25, 0.3) is 0 Å². The zero-order valence-corrected chi connectivity index (χ0v) is 26.6. The Morgan fingerprint density at radius 1 is 0.211 bits per heavy atom. The Bertz CT molecular complexity index is 355. The summed E-state index contributed by atoms with van der Waals surface area (Å²) in [5.41, 5.74) is 0. The first-order valence-corrected chi connectivity index (χ1v) is 17.7. The molecule has 0 rings (SSSR count). The molecule has 0 saturated heterocycles. The Labute approximate surface area is 241 Å². The standard InChI is InChI=1S/C34H74N4/c1-3-5-7-8-9-10-11-12-15-19-22-25-29-36-31-33-38-34-32-37-30-26-23-20-17-14-13-16-18-21-24-28-35-27-6-4-2/h35-38H,3-34H2,1-2H3. The smallest absolute Gasteiger partial charge is 0.00772 e. The summed E-state index contributed by atoms with van der Waals surface area (Å²) in [6, 6.07) is 0. The van der Waals surface area contributed by atoms with Gasteiger partial charge in [-0.3, -0.25) is 0 Å². The number of nitrogens with one attached hydrogen (secondary N) is 4. The Balaban J connectivity index is 3.01. The second kappa shape index (κ2) is 36.8. The Morgan fingerprint density at radius 2 is 0.421 bits per heavy atom. The third-order valence-corrected chi connectivity index (χ3v) is 7.83. The molecule has 4 heteroatoms. The second-order valence-electron chi connectivity index (χ2n) is 11.8. The molecule has 0 aliphatic rings. The van der Waals surface area contributed by atoms with E-state index in [1.807, 2.05) is 0 Å². The molecule has 38 heavy (non-hydrogen) atoms. The van der Waals surface area contributed by atoms with Crippen LogP contribution in [0.1, 0.15) is 168 Å². The lowest BCUT2D eigenvalue weighted by molar-refractivity contribution is 0.523. The predicted molar refractivity (Wildman–Crippen MR) is 174 cm³/mol. The van der Waals surface area contributed by atoms with Gasteiger partial charge in [-0.15, -0.1) is 0 Å². The van der Waals surface area contributed by atoms with Crippen molar-refractivity contribution in [3.8, 4) is 0 Å². The van der Waals surface area contributed by atoms with E-state index in [-0.39, 0.29) is 0 Å². The van der Waals surface area contributed by atoms with Crippen molar-refractivity contribution in [1.82, 2.24) is 21.3 Å². The van der Waals surface area contributed by atoms with Gasteiger partial charge < -0.3 is 21.3 Å². The number of rotatable bonds is 35. The molecule has 0 aliphatic carbocycles. The van der Waals surface area contributed by atoms with Crippen molar-refractivity contribution in [3.05, 3.63) is 0 Å². The molecule has 0 radical (unpaired) electrons. The highest BCUT2D eigenvalue weighted by Crippen LogP contribution is 2.12. The lowest BCUT2D eigenvalue weighted by Crippen LogP contribution is -2.33. The first-order valence-electron chi connectivity index (χ1n) is 17.7. The molecule has 0 aliphatic heterocycles. The van der Waals surface area contributed by atoms with Gasteiger partial charge in [-0.1, -0.05) is 142 Å². The highest BCUT2D eigenvalue weighted by molar-refractivity contribution is 4.57. The summed E-state index contributed by atoms with van der Waals surface area (Å²) in [6.07, 6.45) is 33.9. The Kier molecular flexibility index (Phi) is 36.7. The van der Waals surface area contributed by atoms with E-state index in [4.69, 9.17) is 0 Å². The molecule has 0 saturated carbocycles. The first kappa shape index (κ1) is 37.8. The van der Waals surface area contributed by atoms with Crippen LogP contribution >= 0.6 is 0 Å². The summed E-state index contributed by atoms with van der Waals surface area (Å²) < 4.78 is 0. The lowest BCUT2D eigenvalue weighted by Gasteiger charge is -2.08. The fraction of sp³-hybridized carbons (Fsp3) is 1.00. The molecular formula is C34H74N4. The van der Waals surface area contributed by atoms with Crippen LogP contribution in [0.4, 0.5) is 0 Å². The molecule has 0 aromatic heterocycles.